The van der Waals surface area contributed by atoms with E-state index < -0.39 is 5.82 Å². The second-order valence-electron chi connectivity index (χ2n) is 4.54. The number of alkyl halides is 1. The van der Waals surface area contributed by atoms with Crippen molar-refractivity contribution < 1.29 is 9.18 Å². The molecule has 18 heavy (non-hydrogen) atoms. The lowest BCUT2D eigenvalue weighted by Crippen LogP contribution is -2.42. The number of hydrogen-bond donors (Lipinski definition) is 1. The summed E-state index contributed by atoms with van der Waals surface area (Å²) in [6.07, 6.45) is 4.35. The molecule has 2 atom stereocenters. The van der Waals surface area contributed by atoms with E-state index in [4.69, 9.17) is 0 Å². The summed E-state index contributed by atoms with van der Waals surface area (Å²) in [5.74, 6) is -0.625. The minimum atomic E-state index is -0.409. The Hall–Kier alpha value is -0.420. The third kappa shape index (κ3) is 3.54. The molecule has 0 bridgehead atoms. The number of carbonyl (C=O) groups is 1. The third-order valence-corrected chi connectivity index (χ3v) is 4.68. The van der Waals surface area contributed by atoms with E-state index in [2.05, 4.69) is 37.2 Å². The highest BCUT2D eigenvalue weighted by Gasteiger charge is 2.24. The largest absolute Gasteiger partial charge is 0.348 e. The normalized spacial score (nSPS) is 23.7. The summed E-state index contributed by atoms with van der Waals surface area (Å²) >= 11 is 6.78. The Morgan fingerprint density at radius 2 is 2.00 bits per heavy atom. The van der Waals surface area contributed by atoms with Crippen LogP contribution in [0.5, 0.6) is 0 Å². The molecule has 0 heterocycles. The fourth-order valence-electron chi connectivity index (χ4n) is 2.18. The monoisotopic (exact) mass is 377 g/mol. The van der Waals surface area contributed by atoms with Crippen LogP contribution in [0, 0.1) is 5.82 Å². The third-order valence-electron chi connectivity index (χ3n) is 3.12. The van der Waals surface area contributed by atoms with Crippen LogP contribution in [-0.2, 0) is 0 Å². The van der Waals surface area contributed by atoms with Gasteiger partial charge in [0.2, 0.25) is 0 Å². The lowest BCUT2D eigenvalue weighted by Gasteiger charge is -2.28. The summed E-state index contributed by atoms with van der Waals surface area (Å²) in [4.78, 5) is 12.4. The van der Waals surface area contributed by atoms with Crippen LogP contribution in [0.4, 0.5) is 4.39 Å². The quantitative estimate of drug-likeness (QED) is 0.773. The van der Waals surface area contributed by atoms with Gasteiger partial charge in [-0.2, -0.15) is 0 Å². The van der Waals surface area contributed by atoms with E-state index in [1.807, 2.05) is 0 Å². The summed E-state index contributed by atoms with van der Waals surface area (Å²) in [6, 6.07) is 4.36. The Kier molecular flexibility index (Phi) is 4.78. The van der Waals surface area contributed by atoms with E-state index in [0.29, 0.717) is 14.9 Å². The molecule has 1 aliphatic carbocycles. The second-order valence-corrected chi connectivity index (χ2v) is 6.63. The maximum absolute atomic E-state index is 13.2. The van der Waals surface area contributed by atoms with Gasteiger partial charge in [-0.3, -0.25) is 4.79 Å². The van der Waals surface area contributed by atoms with E-state index >= 15 is 0 Å². The highest BCUT2D eigenvalue weighted by Crippen LogP contribution is 2.25. The molecule has 1 fully saturated rings. The Labute approximate surface area is 123 Å². The van der Waals surface area contributed by atoms with Gasteiger partial charge >= 0.3 is 0 Å². The fourth-order valence-corrected chi connectivity index (χ4v) is 3.37. The van der Waals surface area contributed by atoms with Crippen LogP contribution in [0.2, 0.25) is 0 Å². The summed E-state index contributed by atoms with van der Waals surface area (Å²) < 4.78 is 13.8. The predicted molar refractivity (Wildman–Crippen MR) is 76.5 cm³/mol. The summed E-state index contributed by atoms with van der Waals surface area (Å²) in [7, 11) is 0. The van der Waals surface area contributed by atoms with Gasteiger partial charge in [0, 0.05) is 20.9 Å². The molecule has 98 valence electrons. The van der Waals surface area contributed by atoms with Crippen LogP contribution in [0.1, 0.15) is 36.0 Å². The van der Waals surface area contributed by atoms with Gasteiger partial charge in [-0.1, -0.05) is 44.7 Å². The van der Waals surface area contributed by atoms with Gasteiger partial charge in [0.1, 0.15) is 5.82 Å². The zero-order valence-corrected chi connectivity index (χ0v) is 12.9. The van der Waals surface area contributed by atoms with Crippen molar-refractivity contribution in [3.63, 3.8) is 0 Å². The summed E-state index contributed by atoms with van der Waals surface area (Å²) in [6.45, 7) is 0. The van der Waals surface area contributed by atoms with E-state index in [1.54, 1.807) is 6.07 Å². The smallest absolute Gasteiger partial charge is 0.251 e. The topological polar surface area (TPSA) is 29.1 Å². The molecule has 5 heteroatoms. The molecule has 0 aromatic heterocycles. The molecule has 0 radical (unpaired) electrons. The zero-order chi connectivity index (χ0) is 13.1. The first-order valence-electron chi connectivity index (χ1n) is 5.97. The van der Waals surface area contributed by atoms with Crippen molar-refractivity contribution in [1.82, 2.24) is 5.32 Å². The van der Waals surface area contributed by atoms with Crippen molar-refractivity contribution in [2.45, 2.75) is 36.6 Å². The molecular formula is C13H14Br2FNO. The number of carbonyl (C=O) groups excluding carboxylic acids is 1. The molecule has 1 aromatic rings. The molecule has 1 aliphatic rings. The van der Waals surface area contributed by atoms with Gasteiger partial charge in [0.15, 0.2) is 0 Å². The Morgan fingerprint density at radius 1 is 1.28 bits per heavy atom. The number of benzene rings is 1. The van der Waals surface area contributed by atoms with Gasteiger partial charge in [0.05, 0.1) is 0 Å². The van der Waals surface area contributed by atoms with Crippen molar-refractivity contribution in [3.8, 4) is 0 Å². The van der Waals surface area contributed by atoms with Crippen LogP contribution in [0.25, 0.3) is 0 Å². The number of amides is 1. The van der Waals surface area contributed by atoms with Crippen molar-refractivity contribution in [2.24, 2.45) is 0 Å². The van der Waals surface area contributed by atoms with Crippen molar-refractivity contribution in [1.29, 1.82) is 0 Å². The Morgan fingerprint density at radius 3 is 2.67 bits per heavy atom. The number of rotatable bonds is 2. The highest BCUT2D eigenvalue weighted by molar-refractivity contribution is 9.10. The molecule has 1 saturated carbocycles. The van der Waals surface area contributed by atoms with Crippen LogP contribution < -0.4 is 5.32 Å². The van der Waals surface area contributed by atoms with Crippen LogP contribution in [-0.4, -0.2) is 16.8 Å². The van der Waals surface area contributed by atoms with Gasteiger partial charge in [-0.25, -0.2) is 4.39 Å². The van der Waals surface area contributed by atoms with Crippen LogP contribution >= 0.6 is 31.9 Å². The lowest BCUT2D eigenvalue weighted by atomic mass is 9.95. The molecule has 0 spiro atoms. The van der Waals surface area contributed by atoms with Gasteiger partial charge in [-0.05, 0) is 31.0 Å². The van der Waals surface area contributed by atoms with Crippen molar-refractivity contribution in [3.05, 3.63) is 34.1 Å². The van der Waals surface area contributed by atoms with Gasteiger partial charge < -0.3 is 5.32 Å². The number of nitrogens with one attached hydrogen (secondary N) is 1. The molecule has 1 amide bonds. The molecule has 2 rings (SSSR count). The lowest BCUT2D eigenvalue weighted by molar-refractivity contribution is 0.0929. The first kappa shape index (κ1) is 14.0. The molecule has 1 N–H and O–H groups in total. The average Bonchev–Trinajstić information content (AvgIpc) is 2.31. The maximum Gasteiger partial charge on any atom is 0.251 e. The Bertz CT molecular complexity index is 432. The summed E-state index contributed by atoms with van der Waals surface area (Å²) in [5.41, 5.74) is 0.354. The van der Waals surface area contributed by atoms with Crippen molar-refractivity contribution in [2.75, 3.05) is 0 Å². The molecular weight excluding hydrogens is 365 g/mol. The number of halogens is 3. The zero-order valence-electron chi connectivity index (χ0n) is 9.76. The van der Waals surface area contributed by atoms with Crippen molar-refractivity contribution >= 4 is 37.8 Å². The first-order chi connectivity index (χ1) is 8.56. The average molecular weight is 379 g/mol. The second kappa shape index (κ2) is 6.15. The van der Waals surface area contributed by atoms with Gasteiger partial charge in [-0.15, -0.1) is 0 Å². The highest BCUT2D eigenvalue weighted by atomic mass is 79.9. The molecule has 2 nitrogen and oxygen atoms in total. The SMILES string of the molecule is O=C(NC1CCCCC1Br)c1cc(F)cc(Br)c1. The van der Waals surface area contributed by atoms with E-state index in [0.717, 1.165) is 19.3 Å². The van der Waals surface area contributed by atoms with Crippen LogP contribution in [0.3, 0.4) is 0 Å². The molecule has 0 aliphatic heterocycles. The van der Waals surface area contributed by atoms with Gasteiger partial charge in [0.25, 0.3) is 5.91 Å². The Balaban J connectivity index is 2.06. The number of hydrogen-bond acceptors (Lipinski definition) is 1. The summed E-state index contributed by atoms with van der Waals surface area (Å²) in [5, 5.41) is 2.97. The fraction of sp³-hybridized carbons (Fsp3) is 0.462. The molecule has 2 unspecified atom stereocenters. The molecule has 1 aromatic carbocycles. The molecule has 0 saturated heterocycles. The van der Waals surface area contributed by atoms with E-state index in [-0.39, 0.29) is 11.9 Å². The standard InChI is InChI=1S/C13H14Br2FNO/c14-9-5-8(6-10(16)7-9)13(18)17-12-4-2-1-3-11(12)15/h5-7,11-12H,1-4H2,(H,17,18). The first-order valence-corrected chi connectivity index (χ1v) is 7.68. The predicted octanol–water partition coefficient (Wildman–Crippen LogP) is 4.02. The minimum absolute atomic E-state index is 0.133. The van der Waals surface area contributed by atoms with E-state index in [1.165, 1.54) is 18.6 Å². The van der Waals surface area contributed by atoms with Crippen LogP contribution in [0.15, 0.2) is 22.7 Å². The maximum atomic E-state index is 13.2. The van der Waals surface area contributed by atoms with E-state index in [9.17, 15) is 9.18 Å². The minimum Gasteiger partial charge on any atom is -0.348 e.